The Morgan fingerprint density at radius 1 is 0.810 bits per heavy atom. The Kier molecular flexibility index (Phi) is 3.40. The van der Waals surface area contributed by atoms with Gasteiger partial charge in [-0.25, -0.2) is 4.98 Å². The van der Waals surface area contributed by atoms with E-state index in [-0.39, 0.29) is 5.56 Å². The van der Waals surface area contributed by atoms with Crippen LogP contribution < -0.4 is 5.56 Å². The molecule has 1 aromatic heterocycles. The van der Waals surface area contributed by atoms with Gasteiger partial charge in [0.1, 0.15) is 5.82 Å². The first-order valence-electron chi connectivity index (χ1n) is 6.88. The van der Waals surface area contributed by atoms with Gasteiger partial charge in [0.2, 0.25) is 0 Å². The van der Waals surface area contributed by atoms with E-state index in [4.69, 9.17) is 0 Å². The summed E-state index contributed by atoms with van der Waals surface area (Å²) >= 11 is 0. The number of hydrogen-bond acceptors (Lipinski definition) is 2. The topological polar surface area (TPSA) is 45.8 Å². The minimum atomic E-state index is -0.0790. The van der Waals surface area contributed by atoms with Crippen molar-refractivity contribution in [1.29, 1.82) is 0 Å². The lowest BCUT2D eigenvalue weighted by Gasteiger charge is -2.06. The predicted molar refractivity (Wildman–Crippen MR) is 85.2 cm³/mol. The largest absolute Gasteiger partial charge is 0.306 e. The van der Waals surface area contributed by atoms with E-state index in [2.05, 4.69) is 22.1 Å². The van der Waals surface area contributed by atoms with Gasteiger partial charge >= 0.3 is 0 Å². The minimum absolute atomic E-state index is 0.0790. The zero-order valence-electron chi connectivity index (χ0n) is 12.1. The maximum atomic E-state index is 11.8. The molecule has 0 saturated carbocycles. The van der Waals surface area contributed by atoms with Crippen molar-refractivity contribution in [1.82, 2.24) is 9.97 Å². The molecule has 0 fully saturated rings. The third-order valence-electron chi connectivity index (χ3n) is 3.66. The van der Waals surface area contributed by atoms with E-state index in [1.54, 1.807) is 6.92 Å². The molecule has 1 N–H and O–H groups in total. The summed E-state index contributed by atoms with van der Waals surface area (Å²) in [5, 5.41) is 0. The molecule has 3 aromatic rings. The average Bonchev–Trinajstić information content (AvgIpc) is 2.53. The zero-order valence-corrected chi connectivity index (χ0v) is 12.1. The van der Waals surface area contributed by atoms with Crippen LogP contribution >= 0.6 is 0 Å². The fourth-order valence-electron chi connectivity index (χ4n) is 2.23. The first kappa shape index (κ1) is 13.3. The number of nitrogens with one attached hydrogen (secondary N) is 1. The molecule has 0 aliphatic heterocycles. The summed E-state index contributed by atoms with van der Waals surface area (Å²) in [6, 6.07) is 18.2. The van der Waals surface area contributed by atoms with Gasteiger partial charge in [-0.1, -0.05) is 54.6 Å². The molecule has 0 unspecified atom stereocenters. The van der Waals surface area contributed by atoms with Crippen LogP contribution in [-0.4, -0.2) is 9.97 Å². The third kappa shape index (κ3) is 2.63. The van der Waals surface area contributed by atoms with Crippen LogP contribution in [0.25, 0.3) is 22.5 Å². The van der Waals surface area contributed by atoms with E-state index >= 15 is 0 Å². The van der Waals surface area contributed by atoms with Crippen molar-refractivity contribution in [3.05, 3.63) is 76.2 Å². The van der Waals surface area contributed by atoms with Gasteiger partial charge < -0.3 is 4.98 Å². The van der Waals surface area contributed by atoms with Gasteiger partial charge in [0.05, 0.1) is 0 Å². The van der Waals surface area contributed by atoms with Gasteiger partial charge in [0.15, 0.2) is 0 Å². The van der Waals surface area contributed by atoms with Crippen LogP contribution in [0.15, 0.2) is 59.4 Å². The molecule has 3 rings (SSSR count). The standard InChI is InChI=1S/C18H16N2O/c1-12-13(2)19-17(20-18(12)21)16-10-8-15(9-11-16)14-6-4-3-5-7-14/h3-11H,1-2H3,(H,19,20,21). The fourth-order valence-corrected chi connectivity index (χ4v) is 2.23. The highest BCUT2D eigenvalue weighted by atomic mass is 16.1. The number of aromatic amines is 1. The van der Waals surface area contributed by atoms with Crippen molar-refractivity contribution in [3.8, 4) is 22.5 Å². The maximum absolute atomic E-state index is 11.8. The molecule has 0 aliphatic carbocycles. The fraction of sp³-hybridized carbons (Fsp3) is 0.111. The Bertz CT molecular complexity index is 818. The Balaban J connectivity index is 2.00. The van der Waals surface area contributed by atoms with E-state index in [0.29, 0.717) is 11.4 Å². The molecule has 1 heterocycles. The summed E-state index contributed by atoms with van der Waals surface area (Å²) in [5.41, 5.74) is 4.58. The van der Waals surface area contributed by atoms with Crippen molar-refractivity contribution in [2.75, 3.05) is 0 Å². The Morgan fingerprint density at radius 3 is 2.00 bits per heavy atom. The number of nitrogens with zero attached hydrogens (tertiary/aromatic N) is 1. The number of H-pyrrole nitrogens is 1. The molecule has 0 saturated heterocycles. The van der Waals surface area contributed by atoms with E-state index in [0.717, 1.165) is 16.8 Å². The normalized spacial score (nSPS) is 10.6. The molecular formula is C18H16N2O. The number of hydrogen-bond donors (Lipinski definition) is 1. The molecular weight excluding hydrogens is 260 g/mol. The summed E-state index contributed by atoms with van der Waals surface area (Å²) < 4.78 is 0. The van der Waals surface area contributed by atoms with Crippen LogP contribution in [0.4, 0.5) is 0 Å². The lowest BCUT2D eigenvalue weighted by molar-refractivity contribution is 1.03. The number of aromatic nitrogens is 2. The Hall–Kier alpha value is -2.68. The minimum Gasteiger partial charge on any atom is -0.306 e. The number of rotatable bonds is 2. The smallest absolute Gasteiger partial charge is 0.254 e. The van der Waals surface area contributed by atoms with Crippen LogP contribution in [0, 0.1) is 13.8 Å². The number of aryl methyl sites for hydroxylation is 1. The molecule has 104 valence electrons. The van der Waals surface area contributed by atoms with Crippen LogP contribution in [-0.2, 0) is 0 Å². The van der Waals surface area contributed by atoms with Gasteiger partial charge in [0.25, 0.3) is 5.56 Å². The van der Waals surface area contributed by atoms with E-state index in [1.165, 1.54) is 5.56 Å². The zero-order chi connectivity index (χ0) is 14.8. The predicted octanol–water partition coefficient (Wildman–Crippen LogP) is 3.72. The van der Waals surface area contributed by atoms with E-state index in [1.807, 2.05) is 49.4 Å². The van der Waals surface area contributed by atoms with Gasteiger partial charge in [-0.2, -0.15) is 0 Å². The monoisotopic (exact) mass is 276 g/mol. The quantitative estimate of drug-likeness (QED) is 0.775. The molecule has 2 aromatic carbocycles. The van der Waals surface area contributed by atoms with Gasteiger partial charge in [0, 0.05) is 16.8 Å². The van der Waals surface area contributed by atoms with E-state index in [9.17, 15) is 4.79 Å². The van der Waals surface area contributed by atoms with Crippen molar-refractivity contribution in [3.63, 3.8) is 0 Å². The molecule has 0 spiro atoms. The highest BCUT2D eigenvalue weighted by molar-refractivity contribution is 5.67. The summed E-state index contributed by atoms with van der Waals surface area (Å²) in [6.07, 6.45) is 0. The summed E-state index contributed by atoms with van der Waals surface area (Å²) in [5.74, 6) is 0.614. The first-order chi connectivity index (χ1) is 10.1. The van der Waals surface area contributed by atoms with Crippen molar-refractivity contribution in [2.24, 2.45) is 0 Å². The highest BCUT2D eigenvalue weighted by Gasteiger charge is 2.06. The van der Waals surface area contributed by atoms with Crippen LogP contribution in [0.1, 0.15) is 11.3 Å². The Morgan fingerprint density at radius 2 is 1.38 bits per heavy atom. The summed E-state index contributed by atoms with van der Waals surface area (Å²) in [7, 11) is 0. The molecule has 21 heavy (non-hydrogen) atoms. The lowest BCUT2D eigenvalue weighted by Crippen LogP contribution is -2.14. The second kappa shape index (κ2) is 5.37. The van der Waals surface area contributed by atoms with Crippen molar-refractivity contribution < 1.29 is 0 Å². The Labute approximate surface area is 123 Å². The summed E-state index contributed by atoms with van der Waals surface area (Å²) in [4.78, 5) is 19.1. The lowest BCUT2D eigenvalue weighted by atomic mass is 10.0. The molecule has 0 amide bonds. The molecule has 0 aliphatic rings. The first-order valence-corrected chi connectivity index (χ1v) is 6.88. The molecule has 3 nitrogen and oxygen atoms in total. The SMILES string of the molecule is Cc1nc(-c2ccc(-c3ccccc3)cc2)[nH]c(=O)c1C. The second-order valence-electron chi connectivity index (χ2n) is 5.07. The summed E-state index contributed by atoms with van der Waals surface area (Å²) in [6.45, 7) is 3.63. The van der Waals surface area contributed by atoms with Crippen molar-refractivity contribution in [2.45, 2.75) is 13.8 Å². The maximum Gasteiger partial charge on any atom is 0.254 e. The number of benzene rings is 2. The van der Waals surface area contributed by atoms with E-state index < -0.39 is 0 Å². The second-order valence-corrected chi connectivity index (χ2v) is 5.07. The highest BCUT2D eigenvalue weighted by Crippen LogP contribution is 2.22. The van der Waals surface area contributed by atoms with Gasteiger partial charge in [-0.05, 0) is 25.0 Å². The van der Waals surface area contributed by atoms with Gasteiger partial charge in [-0.15, -0.1) is 0 Å². The third-order valence-corrected chi connectivity index (χ3v) is 3.66. The molecule has 3 heteroatoms. The van der Waals surface area contributed by atoms with Crippen molar-refractivity contribution >= 4 is 0 Å². The molecule has 0 radical (unpaired) electrons. The van der Waals surface area contributed by atoms with Crippen LogP contribution in [0.5, 0.6) is 0 Å². The van der Waals surface area contributed by atoms with Crippen LogP contribution in [0.3, 0.4) is 0 Å². The molecule has 0 atom stereocenters. The molecule has 0 bridgehead atoms. The van der Waals surface area contributed by atoms with Crippen LogP contribution in [0.2, 0.25) is 0 Å². The van der Waals surface area contributed by atoms with Gasteiger partial charge in [-0.3, -0.25) is 4.79 Å². The average molecular weight is 276 g/mol.